The van der Waals surface area contributed by atoms with Gasteiger partial charge in [-0.2, -0.15) is 0 Å². The van der Waals surface area contributed by atoms with Gasteiger partial charge in [0.15, 0.2) is 0 Å². The van der Waals surface area contributed by atoms with Crippen molar-refractivity contribution < 1.29 is 13.2 Å². The van der Waals surface area contributed by atoms with E-state index >= 15 is 0 Å². The van der Waals surface area contributed by atoms with E-state index in [4.69, 9.17) is 5.73 Å². The van der Waals surface area contributed by atoms with Gasteiger partial charge in [-0.1, -0.05) is 30.3 Å². The average molecular weight is 310 g/mol. The molecule has 116 valence electrons. The Labute approximate surface area is 126 Å². The van der Waals surface area contributed by atoms with Crippen molar-refractivity contribution in [2.75, 3.05) is 25.1 Å². The maximum Gasteiger partial charge on any atom is 0.222 e. The van der Waals surface area contributed by atoms with Gasteiger partial charge >= 0.3 is 0 Å². The Balaban J connectivity index is 1.90. The highest BCUT2D eigenvalue weighted by Crippen LogP contribution is 2.26. The molecule has 1 aromatic carbocycles. The van der Waals surface area contributed by atoms with Crippen LogP contribution in [-0.4, -0.2) is 50.4 Å². The van der Waals surface area contributed by atoms with Crippen LogP contribution in [0.3, 0.4) is 0 Å². The molecule has 0 saturated carbocycles. The molecule has 1 saturated heterocycles. The molecule has 1 aliphatic heterocycles. The number of benzene rings is 1. The summed E-state index contributed by atoms with van der Waals surface area (Å²) in [7, 11) is -3.00. The van der Waals surface area contributed by atoms with Gasteiger partial charge in [0.05, 0.1) is 5.75 Å². The lowest BCUT2D eigenvalue weighted by Gasteiger charge is -2.16. The molecule has 2 atom stereocenters. The van der Waals surface area contributed by atoms with Crippen molar-refractivity contribution in [2.45, 2.75) is 24.8 Å². The summed E-state index contributed by atoms with van der Waals surface area (Å²) in [5.74, 6) is 0.207. The van der Waals surface area contributed by atoms with Gasteiger partial charge in [-0.15, -0.1) is 0 Å². The topological polar surface area (TPSA) is 80.5 Å². The zero-order valence-corrected chi connectivity index (χ0v) is 13.1. The molecular formula is C15H22N2O3S. The predicted octanol–water partition coefficient (Wildman–Crippen LogP) is 0.765. The van der Waals surface area contributed by atoms with Gasteiger partial charge in [0.1, 0.15) is 9.84 Å². The Morgan fingerprint density at radius 2 is 1.95 bits per heavy atom. The maximum atomic E-state index is 12.1. The smallest absolute Gasteiger partial charge is 0.222 e. The van der Waals surface area contributed by atoms with Crippen LogP contribution < -0.4 is 5.73 Å². The van der Waals surface area contributed by atoms with Gasteiger partial charge in [0.2, 0.25) is 5.91 Å². The fourth-order valence-corrected chi connectivity index (χ4v) is 3.40. The van der Waals surface area contributed by atoms with Crippen molar-refractivity contribution in [3.05, 3.63) is 35.9 Å². The molecule has 2 N–H and O–H groups in total. The minimum absolute atomic E-state index is 0.00692. The third kappa shape index (κ3) is 4.54. The van der Waals surface area contributed by atoms with E-state index in [1.807, 2.05) is 30.3 Å². The molecule has 1 aromatic rings. The minimum Gasteiger partial charge on any atom is -0.340 e. The normalized spacial score (nSPS) is 22.5. The zero-order valence-electron chi connectivity index (χ0n) is 12.2. The Morgan fingerprint density at radius 3 is 2.57 bits per heavy atom. The molecule has 21 heavy (non-hydrogen) atoms. The first-order valence-electron chi connectivity index (χ1n) is 7.13. The van der Waals surface area contributed by atoms with Crippen molar-refractivity contribution in [1.82, 2.24) is 4.90 Å². The summed E-state index contributed by atoms with van der Waals surface area (Å²) in [6, 6.07) is 9.89. The lowest BCUT2D eigenvalue weighted by molar-refractivity contribution is -0.130. The SMILES string of the molecule is CS(=O)(=O)CCCC(=O)N1C[C@@H](N)[C@H](c2ccccc2)C1. The minimum atomic E-state index is -3.00. The first-order chi connectivity index (χ1) is 9.87. The van der Waals surface area contributed by atoms with Crippen LogP contribution in [0.4, 0.5) is 0 Å². The maximum absolute atomic E-state index is 12.1. The number of carbonyl (C=O) groups excluding carboxylic acids is 1. The lowest BCUT2D eigenvalue weighted by Crippen LogP contribution is -2.32. The summed E-state index contributed by atoms with van der Waals surface area (Å²) in [6.07, 6.45) is 1.83. The standard InChI is InChI=1S/C15H22N2O3S/c1-21(19,20)9-5-8-15(18)17-10-13(14(16)11-17)12-6-3-2-4-7-12/h2-4,6-7,13-14H,5,8-11,16H2,1H3/t13-,14+/m0/s1. The van der Waals surface area contributed by atoms with Crippen LogP contribution in [0.25, 0.3) is 0 Å². The summed E-state index contributed by atoms with van der Waals surface area (Å²) in [5, 5.41) is 0. The largest absolute Gasteiger partial charge is 0.340 e. The second-order valence-electron chi connectivity index (χ2n) is 5.71. The van der Waals surface area contributed by atoms with Crippen LogP contribution in [-0.2, 0) is 14.6 Å². The molecule has 6 heteroatoms. The molecule has 2 rings (SSSR count). The van der Waals surface area contributed by atoms with Crippen molar-refractivity contribution in [3.8, 4) is 0 Å². The van der Waals surface area contributed by atoms with Gasteiger partial charge in [-0.3, -0.25) is 4.79 Å². The molecule has 0 aliphatic carbocycles. The Morgan fingerprint density at radius 1 is 1.29 bits per heavy atom. The molecule has 1 amide bonds. The number of nitrogens with zero attached hydrogens (tertiary/aromatic N) is 1. The number of carbonyl (C=O) groups is 1. The van der Waals surface area contributed by atoms with E-state index in [0.29, 0.717) is 19.5 Å². The van der Waals surface area contributed by atoms with E-state index < -0.39 is 9.84 Å². The van der Waals surface area contributed by atoms with E-state index in [2.05, 4.69) is 0 Å². The molecule has 1 aliphatic rings. The predicted molar refractivity (Wildman–Crippen MR) is 82.7 cm³/mol. The van der Waals surface area contributed by atoms with E-state index in [1.54, 1.807) is 4.90 Å². The quantitative estimate of drug-likeness (QED) is 0.871. The highest BCUT2D eigenvalue weighted by molar-refractivity contribution is 7.90. The zero-order chi connectivity index (χ0) is 15.5. The van der Waals surface area contributed by atoms with Crippen molar-refractivity contribution >= 4 is 15.7 Å². The lowest BCUT2D eigenvalue weighted by atomic mass is 9.95. The second-order valence-corrected chi connectivity index (χ2v) is 7.97. The van der Waals surface area contributed by atoms with Crippen LogP contribution in [0.15, 0.2) is 30.3 Å². The Bertz CT molecular complexity index is 586. The van der Waals surface area contributed by atoms with Crippen molar-refractivity contribution in [2.24, 2.45) is 5.73 Å². The van der Waals surface area contributed by atoms with Crippen LogP contribution in [0.2, 0.25) is 0 Å². The molecular weight excluding hydrogens is 288 g/mol. The third-order valence-electron chi connectivity index (χ3n) is 3.85. The number of rotatable bonds is 5. The van der Waals surface area contributed by atoms with E-state index in [-0.39, 0.29) is 30.0 Å². The van der Waals surface area contributed by atoms with Crippen molar-refractivity contribution in [3.63, 3.8) is 0 Å². The van der Waals surface area contributed by atoms with Crippen LogP contribution in [0, 0.1) is 0 Å². The molecule has 5 nitrogen and oxygen atoms in total. The summed E-state index contributed by atoms with van der Waals surface area (Å²) < 4.78 is 22.2. The first kappa shape index (κ1) is 16.0. The average Bonchev–Trinajstić information content (AvgIpc) is 2.80. The van der Waals surface area contributed by atoms with Gasteiger partial charge in [0.25, 0.3) is 0 Å². The summed E-state index contributed by atoms with van der Waals surface area (Å²) >= 11 is 0. The van der Waals surface area contributed by atoms with E-state index in [0.717, 1.165) is 5.56 Å². The van der Waals surface area contributed by atoms with Crippen LogP contribution in [0.5, 0.6) is 0 Å². The number of likely N-dealkylation sites (tertiary alicyclic amines) is 1. The molecule has 0 unspecified atom stereocenters. The molecule has 0 bridgehead atoms. The highest BCUT2D eigenvalue weighted by atomic mass is 32.2. The summed E-state index contributed by atoms with van der Waals surface area (Å²) in [5.41, 5.74) is 7.30. The number of sulfone groups is 1. The van der Waals surface area contributed by atoms with Gasteiger partial charge in [0, 0.05) is 37.7 Å². The fourth-order valence-electron chi connectivity index (χ4n) is 2.73. The number of nitrogens with two attached hydrogens (primary N) is 1. The third-order valence-corrected chi connectivity index (χ3v) is 4.88. The van der Waals surface area contributed by atoms with Gasteiger partial charge < -0.3 is 10.6 Å². The molecule has 0 radical (unpaired) electrons. The van der Waals surface area contributed by atoms with Gasteiger partial charge in [-0.05, 0) is 12.0 Å². The van der Waals surface area contributed by atoms with E-state index in [9.17, 15) is 13.2 Å². The van der Waals surface area contributed by atoms with E-state index in [1.165, 1.54) is 6.26 Å². The monoisotopic (exact) mass is 310 g/mol. The summed E-state index contributed by atoms with van der Waals surface area (Å²) in [6.45, 7) is 1.15. The number of amides is 1. The number of hydrogen-bond acceptors (Lipinski definition) is 4. The first-order valence-corrected chi connectivity index (χ1v) is 9.19. The number of hydrogen-bond donors (Lipinski definition) is 1. The van der Waals surface area contributed by atoms with Gasteiger partial charge in [-0.25, -0.2) is 8.42 Å². The molecule has 1 fully saturated rings. The molecule has 0 aromatic heterocycles. The van der Waals surface area contributed by atoms with Crippen LogP contribution in [0.1, 0.15) is 24.3 Å². The molecule has 0 spiro atoms. The highest BCUT2D eigenvalue weighted by Gasteiger charge is 2.33. The molecule has 1 heterocycles. The fraction of sp³-hybridized carbons (Fsp3) is 0.533. The Hall–Kier alpha value is -1.40. The summed E-state index contributed by atoms with van der Waals surface area (Å²) in [4.78, 5) is 13.9. The van der Waals surface area contributed by atoms with Crippen LogP contribution >= 0.6 is 0 Å². The Kier molecular flexibility index (Phi) is 5.00. The second kappa shape index (κ2) is 6.58. The van der Waals surface area contributed by atoms with Crippen molar-refractivity contribution in [1.29, 1.82) is 0 Å².